The van der Waals surface area contributed by atoms with Gasteiger partial charge in [-0.05, 0) is 61.1 Å². The molecule has 170 valence electrons. The van der Waals surface area contributed by atoms with Crippen LogP contribution in [0.3, 0.4) is 0 Å². The van der Waals surface area contributed by atoms with Crippen LogP contribution in [-0.4, -0.2) is 17.4 Å². The molecule has 10 heteroatoms. The van der Waals surface area contributed by atoms with Crippen LogP contribution in [0.5, 0.6) is 0 Å². The molecule has 0 radical (unpaired) electrons. The van der Waals surface area contributed by atoms with Gasteiger partial charge in [-0.2, -0.15) is 13.2 Å². The van der Waals surface area contributed by atoms with Crippen LogP contribution in [0.15, 0.2) is 36.4 Å². The average molecular weight is 489 g/mol. The fourth-order valence-corrected chi connectivity index (χ4v) is 5.06. The third-order valence-corrected chi connectivity index (χ3v) is 7.22. The number of hydrogen-bond acceptors (Lipinski definition) is 2. The summed E-state index contributed by atoms with van der Waals surface area (Å²) in [5.41, 5.74) is -1.91. The standard InChI is InChI=1S/C22H18Cl2F4N2O2/c1-11(18(31)29-13-3-5-17(25)14(7-13)22(26,27)28)20-8-21(9-20,10-20)30-19(32)12-2-4-15(23)16(24)6-12/h2-7,11H,8-10H2,1H3,(H,29,31)(H,30,32)/t11-,20?,21?/m1/s1. The summed E-state index contributed by atoms with van der Waals surface area (Å²) in [5, 5.41) is 6.05. The molecule has 0 aliphatic heterocycles. The van der Waals surface area contributed by atoms with E-state index in [2.05, 4.69) is 10.6 Å². The molecule has 2 aromatic rings. The molecule has 3 saturated carbocycles. The first-order valence-corrected chi connectivity index (χ1v) is 10.6. The van der Waals surface area contributed by atoms with Gasteiger partial charge in [-0.1, -0.05) is 30.1 Å². The van der Waals surface area contributed by atoms with Gasteiger partial charge < -0.3 is 10.6 Å². The van der Waals surface area contributed by atoms with Gasteiger partial charge in [-0.3, -0.25) is 9.59 Å². The predicted molar refractivity (Wildman–Crippen MR) is 112 cm³/mol. The summed E-state index contributed by atoms with van der Waals surface area (Å²) in [6, 6.07) is 6.94. The van der Waals surface area contributed by atoms with Crippen molar-refractivity contribution in [2.45, 2.75) is 37.9 Å². The van der Waals surface area contributed by atoms with E-state index in [9.17, 15) is 27.2 Å². The van der Waals surface area contributed by atoms with Gasteiger partial charge in [0.25, 0.3) is 5.91 Å². The van der Waals surface area contributed by atoms with Crippen molar-refractivity contribution in [1.82, 2.24) is 5.32 Å². The van der Waals surface area contributed by atoms with Crippen molar-refractivity contribution in [3.63, 3.8) is 0 Å². The highest BCUT2D eigenvalue weighted by Crippen LogP contribution is 2.70. The van der Waals surface area contributed by atoms with Crippen LogP contribution in [0.1, 0.15) is 42.1 Å². The molecule has 2 bridgehead atoms. The van der Waals surface area contributed by atoms with Gasteiger partial charge in [-0.15, -0.1) is 0 Å². The number of anilines is 1. The SMILES string of the molecule is C[C@H](C(=O)Nc1ccc(F)c(C(F)(F)F)c1)C12CC(NC(=O)c3ccc(Cl)c(Cl)c3)(C1)C2. The van der Waals surface area contributed by atoms with E-state index in [1.807, 2.05) is 0 Å². The maximum absolute atomic E-state index is 13.5. The molecule has 0 aromatic heterocycles. The summed E-state index contributed by atoms with van der Waals surface area (Å²) in [7, 11) is 0. The minimum absolute atomic E-state index is 0.121. The highest BCUT2D eigenvalue weighted by molar-refractivity contribution is 6.42. The van der Waals surface area contributed by atoms with Crippen molar-refractivity contribution in [2.24, 2.45) is 11.3 Å². The first kappa shape index (κ1) is 22.9. The Morgan fingerprint density at radius 3 is 2.28 bits per heavy atom. The van der Waals surface area contributed by atoms with Crippen LogP contribution < -0.4 is 10.6 Å². The van der Waals surface area contributed by atoms with Gasteiger partial charge in [0.15, 0.2) is 0 Å². The summed E-state index contributed by atoms with van der Waals surface area (Å²) in [6.45, 7) is 1.70. The summed E-state index contributed by atoms with van der Waals surface area (Å²) in [5.74, 6) is -2.64. The first-order chi connectivity index (χ1) is 14.8. The highest BCUT2D eigenvalue weighted by atomic mass is 35.5. The van der Waals surface area contributed by atoms with Gasteiger partial charge in [0.2, 0.25) is 5.91 Å². The molecular formula is C22H18Cl2F4N2O2. The third kappa shape index (κ3) is 3.94. The molecular weight excluding hydrogens is 471 g/mol. The van der Waals surface area contributed by atoms with Crippen LogP contribution in [-0.2, 0) is 11.0 Å². The number of alkyl halides is 3. The molecule has 4 nitrogen and oxygen atoms in total. The van der Waals surface area contributed by atoms with Gasteiger partial charge in [-0.25, -0.2) is 4.39 Å². The number of amides is 2. The molecule has 0 heterocycles. The summed E-state index contributed by atoms with van der Waals surface area (Å²) < 4.78 is 52.1. The normalized spacial score (nSPS) is 24.7. The zero-order chi connectivity index (χ0) is 23.5. The molecule has 3 fully saturated rings. The predicted octanol–water partition coefficient (Wildman–Crippen LogP) is 6.08. The second kappa shape index (κ2) is 7.63. The quantitative estimate of drug-likeness (QED) is 0.501. The van der Waals surface area contributed by atoms with E-state index in [1.54, 1.807) is 13.0 Å². The van der Waals surface area contributed by atoms with E-state index >= 15 is 0 Å². The fourth-order valence-electron chi connectivity index (χ4n) is 4.76. The summed E-state index contributed by atoms with van der Waals surface area (Å²) in [4.78, 5) is 25.2. The summed E-state index contributed by atoms with van der Waals surface area (Å²) >= 11 is 11.8. The highest BCUT2D eigenvalue weighted by Gasteiger charge is 2.71. The van der Waals surface area contributed by atoms with Crippen LogP contribution in [0.25, 0.3) is 0 Å². The van der Waals surface area contributed by atoms with Crippen LogP contribution in [0.2, 0.25) is 10.0 Å². The van der Waals surface area contributed by atoms with Gasteiger partial charge in [0.05, 0.1) is 15.6 Å². The molecule has 0 spiro atoms. The largest absolute Gasteiger partial charge is 0.419 e. The lowest BCUT2D eigenvalue weighted by Crippen LogP contribution is -2.77. The topological polar surface area (TPSA) is 58.2 Å². The Morgan fingerprint density at radius 1 is 1.03 bits per heavy atom. The number of nitrogens with one attached hydrogen (secondary N) is 2. The number of hydrogen-bond donors (Lipinski definition) is 2. The lowest BCUT2D eigenvalue weighted by molar-refractivity contribution is -0.184. The van der Waals surface area contributed by atoms with Crippen molar-refractivity contribution in [3.8, 4) is 0 Å². The maximum Gasteiger partial charge on any atom is 0.419 e. The molecule has 0 saturated heterocycles. The Morgan fingerprint density at radius 2 is 1.69 bits per heavy atom. The monoisotopic (exact) mass is 488 g/mol. The number of halogens is 6. The van der Waals surface area contributed by atoms with Crippen molar-refractivity contribution in [3.05, 3.63) is 63.4 Å². The minimum Gasteiger partial charge on any atom is -0.347 e. The smallest absolute Gasteiger partial charge is 0.347 e. The van der Waals surface area contributed by atoms with Crippen molar-refractivity contribution < 1.29 is 27.2 Å². The van der Waals surface area contributed by atoms with E-state index in [1.165, 1.54) is 12.1 Å². The number of rotatable bonds is 5. The number of benzene rings is 2. The van der Waals surface area contributed by atoms with E-state index in [0.717, 1.165) is 6.07 Å². The Balaban J connectivity index is 1.36. The van der Waals surface area contributed by atoms with Crippen molar-refractivity contribution in [1.29, 1.82) is 0 Å². The molecule has 5 rings (SSSR count). The van der Waals surface area contributed by atoms with E-state index in [4.69, 9.17) is 23.2 Å². The second-order valence-electron chi connectivity index (χ2n) is 8.66. The maximum atomic E-state index is 13.5. The molecule has 32 heavy (non-hydrogen) atoms. The van der Waals surface area contributed by atoms with E-state index in [-0.39, 0.29) is 22.0 Å². The number of carbonyl (C=O) groups is 2. The summed E-state index contributed by atoms with van der Waals surface area (Å²) in [6.07, 6.45) is -3.11. The van der Waals surface area contributed by atoms with Gasteiger partial charge in [0.1, 0.15) is 5.82 Å². The van der Waals surface area contributed by atoms with Crippen LogP contribution in [0.4, 0.5) is 23.2 Å². The minimum atomic E-state index is -4.86. The molecule has 2 N–H and O–H groups in total. The molecule has 3 aliphatic rings. The zero-order valence-electron chi connectivity index (χ0n) is 16.7. The van der Waals surface area contributed by atoms with Gasteiger partial charge >= 0.3 is 6.18 Å². The molecule has 1 atom stereocenters. The first-order valence-electron chi connectivity index (χ1n) is 9.79. The zero-order valence-corrected chi connectivity index (χ0v) is 18.3. The van der Waals surface area contributed by atoms with Crippen LogP contribution >= 0.6 is 23.2 Å². The Labute approximate surface area is 191 Å². The van der Waals surface area contributed by atoms with Crippen molar-refractivity contribution >= 4 is 40.7 Å². The Bertz CT molecular complexity index is 1100. The van der Waals surface area contributed by atoms with Gasteiger partial charge in [0, 0.05) is 22.7 Å². The van der Waals surface area contributed by atoms with E-state index < -0.39 is 34.9 Å². The molecule has 0 unspecified atom stereocenters. The number of carbonyl (C=O) groups excluding carboxylic acids is 2. The lowest BCUT2D eigenvalue weighted by Gasteiger charge is -2.72. The van der Waals surface area contributed by atoms with Crippen molar-refractivity contribution in [2.75, 3.05) is 5.32 Å². The molecule has 3 aliphatic carbocycles. The van der Waals surface area contributed by atoms with Crippen LogP contribution in [0, 0.1) is 17.2 Å². The fraction of sp³-hybridized carbons (Fsp3) is 0.364. The molecule has 2 amide bonds. The molecule has 2 aromatic carbocycles. The third-order valence-electron chi connectivity index (χ3n) is 6.48. The average Bonchev–Trinajstić information content (AvgIpc) is 2.65. The Hall–Kier alpha value is -2.32. The second-order valence-corrected chi connectivity index (χ2v) is 9.47. The lowest BCUT2D eigenvalue weighted by atomic mass is 9.36. The Kier molecular flexibility index (Phi) is 5.45. The van der Waals surface area contributed by atoms with E-state index in [0.29, 0.717) is 42.0 Å².